The van der Waals surface area contributed by atoms with Crippen molar-refractivity contribution in [1.82, 2.24) is 14.8 Å². The predicted octanol–water partition coefficient (Wildman–Crippen LogP) is 4.04. The topological polar surface area (TPSA) is 84.1 Å². The van der Waals surface area contributed by atoms with Crippen LogP contribution in [0.1, 0.15) is 11.1 Å². The monoisotopic (exact) mass is 535 g/mol. The number of rotatable bonds is 13. The summed E-state index contributed by atoms with van der Waals surface area (Å²) in [5, 5.41) is 1.11. The molecule has 0 saturated heterocycles. The van der Waals surface area contributed by atoms with Gasteiger partial charge in [0.25, 0.3) is 5.91 Å². The molecule has 2 aromatic carbocycles. The lowest BCUT2D eigenvalue weighted by Crippen LogP contribution is -2.46. The van der Waals surface area contributed by atoms with Gasteiger partial charge < -0.3 is 29.0 Å². The van der Waals surface area contributed by atoms with Gasteiger partial charge in [0.1, 0.15) is 0 Å². The van der Waals surface area contributed by atoms with Crippen LogP contribution in [-0.4, -0.2) is 79.0 Å². The molecule has 1 N–H and O–H groups in total. The minimum absolute atomic E-state index is 0.167. The highest BCUT2D eigenvalue weighted by molar-refractivity contribution is 6.53. The first kappa shape index (κ1) is 27.6. The molecule has 8 nitrogen and oxygen atoms in total. The van der Waals surface area contributed by atoms with Crippen molar-refractivity contribution in [2.24, 2.45) is 0 Å². The zero-order valence-corrected chi connectivity index (χ0v) is 22.1. The van der Waals surface area contributed by atoms with Crippen LogP contribution in [0, 0.1) is 0 Å². The molecule has 0 aliphatic carbocycles. The third-order valence-corrected chi connectivity index (χ3v) is 6.26. The first-order valence-electron chi connectivity index (χ1n) is 11.5. The number of carbonyl (C=O) groups excluding carboxylic acids is 2. The standard InChI is InChI=1S/C26H31Cl2N3O5/c1-34-13-12-31(26(33)25(27)28)17-24(32)30(16-18-8-9-22(35-2)23(14-18)36-3)11-10-19-15-29-21-7-5-4-6-20(19)21/h4-9,14-15,25,29H,10-13,16-17H2,1-3H3. The number of aromatic nitrogens is 1. The fourth-order valence-corrected chi connectivity index (χ4v) is 4.23. The minimum Gasteiger partial charge on any atom is -0.493 e. The normalized spacial score (nSPS) is 11.1. The van der Waals surface area contributed by atoms with Gasteiger partial charge in [0.2, 0.25) is 5.91 Å². The molecular weight excluding hydrogens is 505 g/mol. The predicted molar refractivity (Wildman–Crippen MR) is 141 cm³/mol. The van der Waals surface area contributed by atoms with E-state index in [1.54, 1.807) is 25.2 Å². The van der Waals surface area contributed by atoms with Gasteiger partial charge in [-0.05, 0) is 35.7 Å². The molecule has 0 aliphatic heterocycles. The van der Waals surface area contributed by atoms with Crippen LogP contribution < -0.4 is 9.47 Å². The van der Waals surface area contributed by atoms with Crippen LogP contribution in [0.25, 0.3) is 10.9 Å². The van der Waals surface area contributed by atoms with E-state index in [2.05, 4.69) is 4.98 Å². The number of para-hydroxylation sites is 1. The van der Waals surface area contributed by atoms with E-state index in [0.29, 0.717) is 31.0 Å². The number of nitrogens with one attached hydrogen (secondary N) is 1. The Bertz CT molecular complexity index is 1170. The van der Waals surface area contributed by atoms with E-state index in [1.807, 2.05) is 42.6 Å². The molecule has 1 heterocycles. The molecule has 0 atom stereocenters. The summed E-state index contributed by atoms with van der Waals surface area (Å²) < 4.78 is 15.8. The molecule has 194 valence electrons. The van der Waals surface area contributed by atoms with Gasteiger partial charge in [0.15, 0.2) is 16.3 Å². The fourth-order valence-electron chi connectivity index (χ4n) is 3.96. The van der Waals surface area contributed by atoms with Crippen molar-refractivity contribution >= 4 is 45.9 Å². The smallest absolute Gasteiger partial charge is 0.256 e. The van der Waals surface area contributed by atoms with Gasteiger partial charge in [-0.3, -0.25) is 9.59 Å². The van der Waals surface area contributed by atoms with Gasteiger partial charge in [0, 0.05) is 43.8 Å². The highest BCUT2D eigenvalue weighted by Gasteiger charge is 2.25. The molecule has 3 aromatic rings. The number of methoxy groups -OCH3 is 3. The maximum atomic E-state index is 13.5. The molecule has 3 rings (SSSR count). The van der Waals surface area contributed by atoms with Crippen LogP contribution in [0.15, 0.2) is 48.7 Å². The number of fused-ring (bicyclic) bond motifs is 1. The molecule has 0 spiro atoms. The molecule has 0 bridgehead atoms. The molecule has 2 amide bonds. The third-order valence-electron chi connectivity index (χ3n) is 5.89. The summed E-state index contributed by atoms with van der Waals surface area (Å²) in [6.45, 7) is 1.04. The van der Waals surface area contributed by atoms with E-state index in [0.717, 1.165) is 22.0 Å². The Labute approximate surface area is 221 Å². The summed E-state index contributed by atoms with van der Waals surface area (Å²) in [6.07, 6.45) is 2.59. The van der Waals surface area contributed by atoms with Crippen molar-refractivity contribution in [3.05, 3.63) is 59.8 Å². The molecule has 0 fully saturated rings. The average molecular weight is 536 g/mol. The summed E-state index contributed by atoms with van der Waals surface area (Å²) in [6, 6.07) is 13.5. The number of benzene rings is 2. The highest BCUT2D eigenvalue weighted by Crippen LogP contribution is 2.28. The minimum atomic E-state index is -1.26. The number of aromatic amines is 1. The largest absolute Gasteiger partial charge is 0.493 e. The number of ether oxygens (including phenoxy) is 3. The number of hydrogen-bond donors (Lipinski definition) is 1. The van der Waals surface area contributed by atoms with E-state index in [9.17, 15) is 9.59 Å². The number of halogens is 2. The lowest BCUT2D eigenvalue weighted by atomic mass is 10.1. The fraction of sp³-hybridized carbons (Fsp3) is 0.385. The van der Waals surface area contributed by atoms with Crippen LogP contribution in [-0.2, 0) is 27.3 Å². The Morgan fingerprint density at radius 1 is 0.972 bits per heavy atom. The van der Waals surface area contributed by atoms with Crippen molar-refractivity contribution in [3.8, 4) is 11.5 Å². The highest BCUT2D eigenvalue weighted by atomic mass is 35.5. The average Bonchev–Trinajstić information content (AvgIpc) is 3.31. The van der Waals surface area contributed by atoms with Crippen molar-refractivity contribution in [2.75, 3.05) is 47.6 Å². The van der Waals surface area contributed by atoms with E-state index in [-0.39, 0.29) is 25.6 Å². The van der Waals surface area contributed by atoms with E-state index in [1.165, 1.54) is 12.0 Å². The van der Waals surface area contributed by atoms with Gasteiger partial charge in [-0.1, -0.05) is 47.5 Å². The number of H-pyrrole nitrogens is 1. The van der Waals surface area contributed by atoms with Crippen LogP contribution in [0.4, 0.5) is 0 Å². The molecular formula is C26H31Cl2N3O5. The second-order valence-corrected chi connectivity index (χ2v) is 9.26. The number of carbonyl (C=O) groups is 2. The summed E-state index contributed by atoms with van der Waals surface area (Å²) >= 11 is 11.6. The molecule has 0 aliphatic rings. The lowest BCUT2D eigenvalue weighted by molar-refractivity contribution is -0.140. The first-order valence-corrected chi connectivity index (χ1v) is 12.3. The summed E-state index contributed by atoms with van der Waals surface area (Å²) in [5.74, 6) is 0.405. The van der Waals surface area contributed by atoms with Gasteiger partial charge in [-0.15, -0.1) is 0 Å². The zero-order chi connectivity index (χ0) is 26.1. The maximum Gasteiger partial charge on any atom is 0.256 e. The summed E-state index contributed by atoms with van der Waals surface area (Å²) in [7, 11) is 4.66. The van der Waals surface area contributed by atoms with Gasteiger partial charge in [-0.2, -0.15) is 0 Å². The number of amides is 2. The summed E-state index contributed by atoms with van der Waals surface area (Å²) in [5.41, 5.74) is 3.00. The molecule has 0 saturated carbocycles. The zero-order valence-electron chi connectivity index (χ0n) is 20.6. The van der Waals surface area contributed by atoms with Crippen LogP contribution in [0.5, 0.6) is 11.5 Å². The molecule has 0 unspecified atom stereocenters. The van der Waals surface area contributed by atoms with Crippen LogP contribution in [0.3, 0.4) is 0 Å². The van der Waals surface area contributed by atoms with E-state index >= 15 is 0 Å². The second kappa shape index (κ2) is 13.4. The van der Waals surface area contributed by atoms with E-state index in [4.69, 9.17) is 37.4 Å². The Hall–Kier alpha value is -2.94. The number of alkyl halides is 2. The Kier molecular flexibility index (Phi) is 10.3. The van der Waals surface area contributed by atoms with Gasteiger partial charge in [-0.25, -0.2) is 0 Å². The Morgan fingerprint density at radius 3 is 2.42 bits per heavy atom. The quantitative estimate of drug-likeness (QED) is 0.334. The van der Waals surface area contributed by atoms with Gasteiger partial charge in [0.05, 0.1) is 27.4 Å². The van der Waals surface area contributed by atoms with Gasteiger partial charge >= 0.3 is 0 Å². The molecule has 10 heteroatoms. The first-order chi connectivity index (χ1) is 17.4. The number of nitrogens with zero attached hydrogens (tertiary/aromatic N) is 2. The van der Waals surface area contributed by atoms with Crippen LogP contribution in [0.2, 0.25) is 0 Å². The maximum absolute atomic E-state index is 13.5. The van der Waals surface area contributed by atoms with Crippen molar-refractivity contribution in [3.63, 3.8) is 0 Å². The molecule has 36 heavy (non-hydrogen) atoms. The van der Waals surface area contributed by atoms with Crippen molar-refractivity contribution < 1.29 is 23.8 Å². The van der Waals surface area contributed by atoms with Crippen molar-refractivity contribution in [2.45, 2.75) is 17.8 Å². The molecule has 1 aromatic heterocycles. The SMILES string of the molecule is COCCN(CC(=O)N(CCc1c[nH]c2ccccc12)Cc1ccc(OC)c(OC)c1)C(=O)C(Cl)Cl. The Balaban J connectivity index is 1.83. The second-order valence-electron chi connectivity index (χ2n) is 8.17. The molecule has 0 radical (unpaired) electrons. The van der Waals surface area contributed by atoms with Crippen LogP contribution >= 0.6 is 23.2 Å². The van der Waals surface area contributed by atoms with Crippen molar-refractivity contribution in [1.29, 1.82) is 0 Å². The number of hydrogen-bond acceptors (Lipinski definition) is 5. The van der Waals surface area contributed by atoms with E-state index < -0.39 is 10.7 Å². The summed E-state index contributed by atoms with van der Waals surface area (Å²) in [4.78, 5) is 31.0. The third kappa shape index (κ3) is 7.06. The Morgan fingerprint density at radius 2 is 1.72 bits per heavy atom. The lowest BCUT2D eigenvalue weighted by Gasteiger charge is -2.28.